The van der Waals surface area contributed by atoms with E-state index in [9.17, 15) is 14.7 Å². The third-order valence-corrected chi connectivity index (χ3v) is 4.37. The average molecular weight is 396 g/mol. The lowest BCUT2D eigenvalue weighted by Gasteiger charge is -2.34. The Hall–Kier alpha value is -2.24. The molecule has 0 saturated heterocycles. The molecule has 5 nitrogen and oxygen atoms in total. The highest BCUT2D eigenvalue weighted by Gasteiger charge is 2.34. The standard InChI is InChI=1S/C19H18ClNO4.ClH/c1-12-18(22)21(9-5-8-13-6-3-2-4-7-13)16-11-14(20)10-15(19(23)24)17(16)25-12;/h2-4,6-7,10-12H,5,8-9H2,1H3,(H,23,24);1H. The van der Waals surface area contributed by atoms with Gasteiger partial charge in [0.2, 0.25) is 0 Å². The van der Waals surface area contributed by atoms with Crippen molar-refractivity contribution >= 4 is 41.6 Å². The van der Waals surface area contributed by atoms with E-state index in [2.05, 4.69) is 0 Å². The molecule has 1 N–H and O–H groups in total. The monoisotopic (exact) mass is 395 g/mol. The Morgan fingerprint density at radius 3 is 2.62 bits per heavy atom. The van der Waals surface area contributed by atoms with Crippen LogP contribution < -0.4 is 9.64 Å². The van der Waals surface area contributed by atoms with Crippen LogP contribution >= 0.6 is 24.0 Å². The summed E-state index contributed by atoms with van der Waals surface area (Å²) >= 11 is 6.05. The van der Waals surface area contributed by atoms with Crippen molar-refractivity contribution in [3.8, 4) is 5.75 Å². The van der Waals surface area contributed by atoms with Gasteiger partial charge in [-0.3, -0.25) is 4.79 Å². The first-order valence-electron chi connectivity index (χ1n) is 8.06. The molecule has 1 aliphatic heterocycles. The molecule has 0 aliphatic carbocycles. The van der Waals surface area contributed by atoms with E-state index in [0.29, 0.717) is 12.2 Å². The lowest BCUT2D eigenvalue weighted by atomic mass is 10.1. The minimum absolute atomic E-state index is 0. The number of nitrogens with zero attached hydrogens (tertiary/aromatic N) is 1. The molecule has 1 atom stereocenters. The smallest absolute Gasteiger partial charge is 0.339 e. The second-order valence-electron chi connectivity index (χ2n) is 5.95. The summed E-state index contributed by atoms with van der Waals surface area (Å²) in [4.78, 5) is 25.6. The number of anilines is 1. The fourth-order valence-electron chi connectivity index (χ4n) is 2.94. The maximum Gasteiger partial charge on any atom is 0.339 e. The molecule has 1 heterocycles. The minimum atomic E-state index is -1.13. The normalized spacial score (nSPS) is 15.7. The molecule has 0 radical (unpaired) electrons. The summed E-state index contributed by atoms with van der Waals surface area (Å²) in [6, 6.07) is 12.9. The number of halogens is 2. The van der Waals surface area contributed by atoms with Gasteiger partial charge < -0.3 is 14.7 Å². The summed E-state index contributed by atoms with van der Waals surface area (Å²) in [7, 11) is 0. The van der Waals surface area contributed by atoms with E-state index in [1.54, 1.807) is 17.9 Å². The maximum absolute atomic E-state index is 12.5. The number of aryl methyl sites for hydroxylation is 1. The molecule has 2 aromatic rings. The third kappa shape index (κ3) is 4.11. The van der Waals surface area contributed by atoms with E-state index in [1.807, 2.05) is 30.3 Å². The summed E-state index contributed by atoms with van der Waals surface area (Å²) in [5, 5.41) is 9.65. The molecular weight excluding hydrogens is 377 g/mol. The Bertz CT molecular complexity index is 811. The number of fused-ring (bicyclic) bond motifs is 1. The second kappa shape index (κ2) is 8.43. The Morgan fingerprint density at radius 1 is 1.27 bits per heavy atom. The predicted molar refractivity (Wildman–Crippen MR) is 103 cm³/mol. The van der Waals surface area contributed by atoms with Gasteiger partial charge in [-0.25, -0.2) is 4.79 Å². The number of rotatable bonds is 5. The molecule has 0 spiro atoms. The summed E-state index contributed by atoms with van der Waals surface area (Å²) in [5.41, 5.74) is 1.57. The van der Waals surface area contributed by atoms with Crippen molar-refractivity contribution in [2.24, 2.45) is 0 Å². The van der Waals surface area contributed by atoms with E-state index in [0.717, 1.165) is 12.8 Å². The molecule has 1 unspecified atom stereocenters. The zero-order valence-electron chi connectivity index (χ0n) is 14.1. The van der Waals surface area contributed by atoms with Crippen molar-refractivity contribution in [3.05, 3.63) is 58.6 Å². The number of benzene rings is 2. The first-order valence-corrected chi connectivity index (χ1v) is 8.44. The summed E-state index contributed by atoms with van der Waals surface area (Å²) in [5.74, 6) is -1.13. The van der Waals surface area contributed by atoms with Crippen LogP contribution in [0.2, 0.25) is 5.02 Å². The van der Waals surface area contributed by atoms with Crippen LogP contribution in [0.3, 0.4) is 0 Å². The highest BCUT2D eigenvalue weighted by atomic mass is 35.5. The van der Waals surface area contributed by atoms with E-state index in [-0.39, 0.29) is 34.6 Å². The van der Waals surface area contributed by atoms with Crippen molar-refractivity contribution < 1.29 is 19.4 Å². The van der Waals surface area contributed by atoms with Gasteiger partial charge in [0.05, 0.1) is 5.69 Å². The number of amides is 1. The summed E-state index contributed by atoms with van der Waals surface area (Å²) in [6.07, 6.45) is 0.835. The largest absolute Gasteiger partial charge is 0.478 e. The van der Waals surface area contributed by atoms with Gasteiger partial charge in [-0.15, -0.1) is 12.4 Å². The first kappa shape index (κ1) is 20.1. The van der Waals surface area contributed by atoms with Crippen LogP contribution in [-0.2, 0) is 11.2 Å². The van der Waals surface area contributed by atoms with Crippen LogP contribution in [-0.4, -0.2) is 29.6 Å². The number of aromatic carboxylic acids is 1. The lowest BCUT2D eigenvalue weighted by Crippen LogP contribution is -2.45. The second-order valence-corrected chi connectivity index (χ2v) is 6.38. The van der Waals surface area contributed by atoms with Crippen LogP contribution in [0.15, 0.2) is 42.5 Å². The fraction of sp³-hybridized carbons (Fsp3) is 0.263. The number of ether oxygens (including phenoxy) is 1. The number of carboxylic acid groups (broad SMARTS) is 1. The van der Waals surface area contributed by atoms with Gasteiger partial charge in [0.15, 0.2) is 11.9 Å². The molecule has 0 bridgehead atoms. The topological polar surface area (TPSA) is 66.8 Å². The van der Waals surface area contributed by atoms with Gasteiger partial charge in [-0.1, -0.05) is 41.9 Å². The summed E-state index contributed by atoms with van der Waals surface area (Å²) < 4.78 is 5.56. The van der Waals surface area contributed by atoms with E-state index < -0.39 is 12.1 Å². The summed E-state index contributed by atoms with van der Waals surface area (Å²) in [6.45, 7) is 2.09. The Morgan fingerprint density at radius 2 is 1.96 bits per heavy atom. The predicted octanol–water partition coefficient (Wildman–Crippen LogP) is 4.21. The molecule has 0 fully saturated rings. The molecule has 1 aliphatic rings. The fourth-order valence-corrected chi connectivity index (χ4v) is 3.16. The van der Waals surface area contributed by atoms with Crippen LogP contribution in [0, 0.1) is 0 Å². The number of hydrogen-bond acceptors (Lipinski definition) is 3. The number of carbonyl (C=O) groups is 2. The van der Waals surface area contributed by atoms with Gasteiger partial charge in [0.25, 0.3) is 5.91 Å². The third-order valence-electron chi connectivity index (χ3n) is 4.15. The van der Waals surface area contributed by atoms with E-state index >= 15 is 0 Å². The molecule has 0 saturated carbocycles. The zero-order chi connectivity index (χ0) is 18.0. The van der Waals surface area contributed by atoms with Crippen molar-refractivity contribution in [1.29, 1.82) is 0 Å². The average Bonchev–Trinajstić information content (AvgIpc) is 2.59. The molecule has 7 heteroatoms. The highest BCUT2D eigenvalue weighted by molar-refractivity contribution is 6.31. The number of carbonyl (C=O) groups excluding carboxylic acids is 1. The molecule has 1 amide bonds. The number of hydrogen-bond donors (Lipinski definition) is 1. The molecule has 2 aromatic carbocycles. The van der Waals surface area contributed by atoms with E-state index in [1.165, 1.54) is 11.6 Å². The first-order chi connectivity index (χ1) is 12.0. The molecule has 3 rings (SSSR count). The highest BCUT2D eigenvalue weighted by Crippen LogP contribution is 2.39. The zero-order valence-corrected chi connectivity index (χ0v) is 15.7. The van der Waals surface area contributed by atoms with Crippen molar-refractivity contribution in [2.75, 3.05) is 11.4 Å². The minimum Gasteiger partial charge on any atom is -0.478 e. The van der Waals surface area contributed by atoms with Crippen LogP contribution in [0.25, 0.3) is 0 Å². The molecule has 26 heavy (non-hydrogen) atoms. The van der Waals surface area contributed by atoms with Gasteiger partial charge in [-0.05, 0) is 37.5 Å². The van der Waals surface area contributed by atoms with Gasteiger partial charge >= 0.3 is 5.97 Å². The van der Waals surface area contributed by atoms with E-state index in [4.69, 9.17) is 16.3 Å². The molecular formula is C19H19Cl2NO4. The van der Waals surface area contributed by atoms with Gasteiger partial charge in [-0.2, -0.15) is 0 Å². The maximum atomic E-state index is 12.5. The quantitative estimate of drug-likeness (QED) is 0.823. The van der Waals surface area contributed by atoms with Crippen molar-refractivity contribution in [1.82, 2.24) is 0 Å². The SMILES string of the molecule is CC1Oc2c(C(=O)O)cc(Cl)cc2N(CCCc2ccccc2)C1=O.Cl. The number of carboxylic acids is 1. The Kier molecular flexibility index (Phi) is 6.51. The lowest BCUT2D eigenvalue weighted by molar-refractivity contribution is -0.125. The Balaban J connectivity index is 0.00000243. The Labute approximate surface area is 162 Å². The van der Waals surface area contributed by atoms with Crippen molar-refractivity contribution in [2.45, 2.75) is 25.9 Å². The van der Waals surface area contributed by atoms with Crippen LogP contribution in [0.1, 0.15) is 29.3 Å². The molecule has 138 valence electrons. The molecule has 0 aromatic heterocycles. The van der Waals surface area contributed by atoms with Gasteiger partial charge in [0.1, 0.15) is 5.56 Å². The van der Waals surface area contributed by atoms with Crippen LogP contribution in [0.5, 0.6) is 5.75 Å². The van der Waals surface area contributed by atoms with Crippen molar-refractivity contribution in [3.63, 3.8) is 0 Å². The van der Waals surface area contributed by atoms with Crippen LogP contribution in [0.4, 0.5) is 5.69 Å². The van der Waals surface area contributed by atoms with Gasteiger partial charge in [0, 0.05) is 11.6 Å².